The number of amides is 2. The maximum Gasteiger partial charge on any atom is 0.335 e. The van der Waals surface area contributed by atoms with Crippen LogP contribution in [0.5, 0.6) is 0 Å². The van der Waals surface area contributed by atoms with Crippen molar-refractivity contribution in [2.24, 2.45) is 5.92 Å². The van der Waals surface area contributed by atoms with Crippen molar-refractivity contribution < 1.29 is 14.7 Å². The van der Waals surface area contributed by atoms with Gasteiger partial charge in [-0.25, -0.2) is 9.59 Å². The van der Waals surface area contributed by atoms with Crippen molar-refractivity contribution in [2.75, 3.05) is 11.4 Å². The lowest BCUT2D eigenvalue weighted by atomic mass is 10.1. The lowest BCUT2D eigenvalue weighted by molar-refractivity contribution is 0.0697. The number of anilines is 1. The molecule has 3 rings (SSSR count). The Morgan fingerprint density at radius 1 is 1.42 bits per heavy atom. The molecule has 0 aromatic heterocycles. The van der Waals surface area contributed by atoms with Gasteiger partial charge in [-0.1, -0.05) is 13.0 Å². The molecule has 2 aliphatic rings. The summed E-state index contributed by atoms with van der Waals surface area (Å²) in [5.41, 5.74) is 1.98. The van der Waals surface area contributed by atoms with E-state index >= 15 is 0 Å². The smallest absolute Gasteiger partial charge is 0.335 e. The summed E-state index contributed by atoms with van der Waals surface area (Å²) in [6.07, 6.45) is 1.81. The predicted molar refractivity (Wildman–Crippen MR) is 70.6 cm³/mol. The molecule has 100 valence electrons. The highest BCUT2D eigenvalue weighted by Crippen LogP contribution is 2.32. The summed E-state index contributed by atoms with van der Waals surface area (Å²) in [5, 5.41) is 12.0. The molecule has 2 atom stereocenters. The summed E-state index contributed by atoms with van der Waals surface area (Å²) >= 11 is 0. The summed E-state index contributed by atoms with van der Waals surface area (Å²) in [4.78, 5) is 24.8. The molecule has 2 unspecified atom stereocenters. The van der Waals surface area contributed by atoms with E-state index in [0.29, 0.717) is 12.5 Å². The molecule has 0 radical (unpaired) electrons. The van der Waals surface area contributed by atoms with Gasteiger partial charge in [0.05, 0.1) is 5.56 Å². The third-order valence-electron chi connectivity index (χ3n) is 3.89. The van der Waals surface area contributed by atoms with Crippen LogP contribution < -0.4 is 10.2 Å². The van der Waals surface area contributed by atoms with Crippen LogP contribution in [-0.2, 0) is 6.42 Å². The van der Waals surface area contributed by atoms with E-state index in [2.05, 4.69) is 12.2 Å². The van der Waals surface area contributed by atoms with Gasteiger partial charge < -0.3 is 10.4 Å². The molecule has 1 saturated carbocycles. The van der Waals surface area contributed by atoms with Crippen molar-refractivity contribution in [3.63, 3.8) is 0 Å². The molecule has 1 heterocycles. The van der Waals surface area contributed by atoms with Gasteiger partial charge in [-0.05, 0) is 36.5 Å². The minimum absolute atomic E-state index is 0.115. The number of carbonyl (C=O) groups excluding carboxylic acids is 1. The van der Waals surface area contributed by atoms with Crippen molar-refractivity contribution in [1.29, 1.82) is 0 Å². The van der Waals surface area contributed by atoms with Crippen LogP contribution in [0.4, 0.5) is 10.5 Å². The standard InChI is InChI=1S/C14H16N2O3/c1-8-6-11(8)15-14(19)16-5-4-9-2-3-10(13(17)18)7-12(9)16/h2-3,7-8,11H,4-6H2,1H3,(H,15,19)(H,17,18). The molecule has 1 fully saturated rings. The first kappa shape index (κ1) is 12.0. The molecule has 1 aliphatic heterocycles. The average molecular weight is 260 g/mol. The number of carboxylic acid groups (broad SMARTS) is 1. The van der Waals surface area contributed by atoms with Gasteiger partial charge in [-0.3, -0.25) is 4.90 Å². The van der Waals surface area contributed by atoms with Crippen LogP contribution >= 0.6 is 0 Å². The van der Waals surface area contributed by atoms with E-state index < -0.39 is 5.97 Å². The topological polar surface area (TPSA) is 69.6 Å². The van der Waals surface area contributed by atoms with Gasteiger partial charge in [0.15, 0.2) is 0 Å². The first-order valence-corrected chi connectivity index (χ1v) is 6.50. The van der Waals surface area contributed by atoms with E-state index in [1.807, 2.05) is 0 Å². The molecule has 1 aliphatic carbocycles. The van der Waals surface area contributed by atoms with Crippen LogP contribution in [0, 0.1) is 5.92 Å². The number of nitrogens with one attached hydrogen (secondary N) is 1. The molecule has 0 spiro atoms. The highest BCUT2D eigenvalue weighted by Gasteiger charge is 2.36. The van der Waals surface area contributed by atoms with Crippen molar-refractivity contribution in [2.45, 2.75) is 25.8 Å². The molecule has 2 N–H and O–H groups in total. The molecular formula is C14H16N2O3. The zero-order valence-electron chi connectivity index (χ0n) is 10.7. The molecule has 5 heteroatoms. The number of hydrogen-bond acceptors (Lipinski definition) is 2. The number of nitrogens with zero attached hydrogens (tertiary/aromatic N) is 1. The number of benzene rings is 1. The highest BCUT2D eigenvalue weighted by molar-refractivity contribution is 5.97. The van der Waals surface area contributed by atoms with Gasteiger partial charge in [0.1, 0.15) is 0 Å². The number of aromatic carboxylic acids is 1. The molecular weight excluding hydrogens is 244 g/mol. The number of urea groups is 1. The molecule has 19 heavy (non-hydrogen) atoms. The van der Waals surface area contributed by atoms with E-state index in [1.54, 1.807) is 23.1 Å². The maximum absolute atomic E-state index is 12.2. The Morgan fingerprint density at radius 3 is 2.79 bits per heavy atom. The Morgan fingerprint density at radius 2 is 2.16 bits per heavy atom. The Hall–Kier alpha value is -2.04. The van der Waals surface area contributed by atoms with Gasteiger partial charge >= 0.3 is 12.0 Å². The zero-order valence-corrected chi connectivity index (χ0v) is 10.7. The number of rotatable bonds is 2. The molecule has 2 amide bonds. The first-order chi connectivity index (χ1) is 9.06. The summed E-state index contributed by atoms with van der Waals surface area (Å²) in [7, 11) is 0. The average Bonchev–Trinajstić information content (AvgIpc) is 2.92. The summed E-state index contributed by atoms with van der Waals surface area (Å²) in [6, 6.07) is 5.13. The molecule has 0 saturated heterocycles. The van der Waals surface area contributed by atoms with Crippen LogP contribution in [0.25, 0.3) is 0 Å². The maximum atomic E-state index is 12.2. The van der Waals surface area contributed by atoms with Gasteiger partial charge in [-0.2, -0.15) is 0 Å². The summed E-state index contributed by atoms with van der Waals surface area (Å²) in [6.45, 7) is 2.72. The molecule has 5 nitrogen and oxygen atoms in total. The lowest BCUT2D eigenvalue weighted by Gasteiger charge is -2.18. The molecule has 1 aromatic carbocycles. The van der Waals surface area contributed by atoms with E-state index in [-0.39, 0.29) is 17.6 Å². The SMILES string of the molecule is CC1CC1NC(=O)N1CCc2ccc(C(=O)O)cc21. The Labute approximate surface area is 111 Å². The Balaban J connectivity index is 1.81. The number of hydrogen-bond donors (Lipinski definition) is 2. The fraction of sp³-hybridized carbons (Fsp3) is 0.429. The fourth-order valence-electron chi connectivity index (χ4n) is 2.48. The monoisotopic (exact) mass is 260 g/mol. The lowest BCUT2D eigenvalue weighted by Crippen LogP contribution is -2.40. The quantitative estimate of drug-likeness (QED) is 0.852. The summed E-state index contributed by atoms with van der Waals surface area (Å²) in [5.74, 6) is -0.415. The van der Waals surface area contributed by atoms with E-state index in [0.717, 1.165) is 24.1 Å². The number of fused-ring (bicyclic) bond motifs is 1. The second-order valence-electron chi connectivity index (χ2n) is 5.32. The van der Waals surface area contributed by atoms with E-state index in [4.69, 9.17) is 5.11 Å². The number of carboxylic acids is 1. The Kier molecular flexibility index (Phi) is 2.69. The van der Waals surface area contributed by atoms with Gasteiger partial charge in [0, 0.05) is 18.3 Å². The second-order valence-corrected chi connectivity index (χ2v) is 5.32. The van der Waals surface area contributed by atoms with Crippen LogP contribution in [0.3, 0.4) is 0 Å². The normalized spacial score (nSPS) is 23.9. The minimum Gasteiger partial charge on any atom is -0.478 e. The third-order valence-corrected chi connectivity index (χ3v) is 3.89. The largest absolute Gasteiger partial charge is 0.478 e. The fourth-order valence-corrected chi connectivity index (χ4v) is 2.48. The molecule has 1 aromatic rings. The number of carbonyl (C=O) groups is 2. The molecule has 0 bridgehead atoms. The van der Waals surface area contributed by atoms with Crippen LogP contribution in [-0.4, -0.2) is 29.7 Å². The predicted octanol–water partition coefficient (Wildman–Crippen LogP) is 1.87. The van der Waals surface area contributed by atoms with E-state index in [9.17, 15) is 9.59 Å². The van der Waals surface area contributed by atoms with Crippen molar-refractivity contribution >= 4 is 17.7 Å². The highest BCUT2D eigenvalue weighted by atomic mass is 16.4. The minimum atomic E-state index is -0.967. The second kappa shape index (κ2) is 4.26. The van der Waals surface area contributed by atoms with Crippen molar-refractivity contribution in [3.05, 3.63) is 29.3 Å². The van der Waals surface area contributed by atoms with Crippen LogP contribution in [0.15, 0.2) is 18.2 Å². The summed E-state index contributed by atoms with van der Waals surface area (Å²) < 4.78 is 0. The first-order valence-electron chi connectivity index (χ1n) is 6.50. The third kappa shape index (κ3) is 2.16. The van der Waals surface area contributed by atoms with Crippen molar-refractivity contribution in [1.82, 2.24) is 5.32 Å². The zero-order chi connectivity index (χ0) is 13.6. The van der Waals surface area contributed by atoms with Gasteiger partial charge in [0.25, 0.3) is 0 Å². The van der Waals surface area contributed by atoms with E-state index in [1.165, 1.54) is 0 Å². The van der Waals surface area contributed by atoms with Gasteiger partial charge in [-0.15, -0.1) is 0 Å². The Bertz CT molecular complexity index is 556. The van der Waals surface area contributed by atoms with Crippen LogP contribution in [0.2, 0.25) is 0 Å². The van der Waals surface area contributed by atoms with Gasteiger partial charge in [0.2, 0.25) is 0 Å². The van der Waals surface area contributed by atoms with Crippen LogP contribution in [0.1, 0.15) is 29.3 Å². The van der Waals surface area contributed by atoms with Crippen molar-refractivity contribution in [3.8, 4) is 0 Å².